The molecule has 3 aromatic rings. The van der Waals surface area contributed by atoms with Gasteiger partial charge in [-0.2, -0.15) is 0 Å². The smallest absolute Gasteiger partial charge is 0.119 e. The summed E-state index contributed by atoms with van der Waals surface area (Å²) >= 11 is 0. The van der Waals surface area contributed by atoms with Crippen LogP contribution >= 0.6 is 0 Å². The van der Waals surface area contributed by atoms with Crippen molar-refractivity contribution in [2.45, 2.75) is 6.92 Å². The Labute approximate surface area is 185 Å². The fourth-order valence-corrected chi connectivity index (χ4v) is 3.76. The van der Waals surface area contributed by atoms with Crippen molar-refractivity contribution >= 4 is 17.1 Å². The number of hydrogen-bond donors (Lipinski definition) is 1. The summed E-state index contributed by atoms with van der Waals surface area (Å²) < 4.78 is 11.5. The van der Waals surface area contributed by atoms with Crippen LogP contribution in [0.15, 0.2) is 78.9 Å². The van der Waals surface area contributed by atoms with Gasteiger partial charge in [0.25, 0.3) is 0 Å². The maximum Gasteiger partial charge on any atom is 0.119 e. The third-order valence-corrected chi connectivity index (χ3v) is 5.48. The van der Waals surface area contributed by atoms with Gasteiger partial charge in [-0.25, -0.2) is 0 Å². The predicted molar refractivity (Wildman–Crippen MR) is 128 cm³/mol. The van der Waals surface area contributed by atoms with E-state index in [0.717, 1.165) is 55.6 Å². The molecule has 0 radical (unpaired) electrons. The minimum atomic E-state index is 0.679. The van der Waals surface area contributed by atoms with Gasteiger partial charge in [0.2, 0.25) is 0 Å². The third kappa shape index (κ3) is 6.15. The van der Waals surface area contributed by atoms with Crippen LogP contribution in [0, 0.1) is 0 Å². The number of rotatable bonds is 9. The Morgan fingerprint density at radius 1 is 0.710 bits per heavy atom. The lowest BCUT2D eigenvalue weighted by atomic mass is 10.2. The van der Waals surface area contributed by atoms with Gasteiger partial charge in [-0.1, -0.05) is 18.2 Å². The summed E-state index contributed by atoms with van der Waals surface area (Å²) in [5.41, 5.74) is 3.39. The fraction of sp³-hybridized carbons (Fsp3) is 0.308. The first-order valence-corrected chi connectivity index (χ1v) is 11.1. The van der Waals surface area contributed by atoms with Gasteiger partial charge >= 0.3 is 0 Å². The fourth-order valence-electron chi connectivity index (χ4n) is 3.76. The summed E-state index contributed by atoms with van der Waals surface area (Å²) in [6.07, 6.45) is 0. The minimum absolute atomic E-state index is 0.679. The molecule has 1 saturated heterocycles. The average Bonchev–Trinajstić information content (AvgIpc) is 2.83. The van der Waals surface area contributed by atoms with Gasteiger partial charge in [0.05, 0.1) is 6.61 Å². The van der Waals surface area contributed by atoms with Crippen LogP contribution in [-0.2, 0) is 0 Å². The van der Waals surface area contributed by atoms with E-state index < -0.39 is 0 Å². The maximum absolute atomic E-state index is 5.97. The zero-order valence-electron chi connectivity index (χ0n) is 18.2. The summed E-state index contributed by atoms with van der Waals surface area (Å²) in [5.74, 6) is 1.79. The van der Waals surface area contributed by atoms with Crippen LogP contribution < -0.4 is 19.7 Å². The van der Waals surface area contributed by atoms with E-state index in [1.54, 1.807) is 0 Å². The van der Waals surface area contributed by atoms with E-state index >= 15 is 0 Å². The highest BCUT2D eigenvalue weighted by Gasteiger charge is 2.16. The molecule has 0 bridgehead atoms. The molecule has 162 valence electrons. The van der Waals surface area contributed by atoms with E-state index in [1.165, 1.54) is 5.69 Å². The van der Waals surface area contributed by atoms with Crippen LogP contribution in [0.3, 0.4) is 0 Å². The predicted octanol–water partition coefficient (Wildman–Crippen LogP) is 5.03. The Morgan fingerprint density at radius 2 is 1.29 bits per heavy atom. The van der Waals surface area contributed by atoms with Crippen LogP contribution in [-0.4, -0.2) is 50.8 Å². The van der Waals surface area contributed by atoms with Gasteiger partial charge in [-0.15, -0.1) is 0 Å². The first-order valence-electron chi connectivity index (χ1n) is 11.1. The van der Waals surface area contributed by atoms with Crippen LogP contribution in [0.5, 0.6) is 11.5 Å². The van der Waals surface area contributed by atoms with Crippen molar-refractivity contribution in [3.8, 4) is 11.5 Å². The summed E-state index contributed by atoms with van der Waals surface area (Å²) in [6, 6.07) is 26.8. The van der Waals surface area contributed by atoms with Crippen molar-refractivity contribution in [2.75, 3.05) is 56.2 Å². The highest BCUT2D eigenvalue weighted by atomic mass is 16.5. The molecule has 0 saturated carbocycles. The molecular formula is C26H31N3O2. The molecule has 5 nitrogen and oxygen atoms in total. The number of hydrogen-bond acceptors (Lipinski definition) is 5. The van der Waals surface area contributed by atoms with Crippen LogP contribution in [0.2, 0.25) is 0 Å². The molecule has 1 N–H and O–H groups in total. The zero-order valence-corrected chi connectivity index (χ0v) is 18.2. The molecule has 0 aliphatic carbocycles. The summed E-state index contributed by atoms with van der Waals surface area (Å²) in [5, 5.41) is 3.40. The van der Waals surface area contributed by atoms with Crippen molar-refractivity contribution in [3.63, 3.8) is 0 Å². The van der Waals surface area contributed by atoms with Gasteiger partial charge in [0, 0.05) is 49.8 Å². The molecule has 0 atom stereocenters. The van der Waals surface area contributed by atoms with Gasteiger partial charge in [-0.3, -0.25) is 4.90 Å². The summed E-state index contributed by atoms with van der Waals surface area (Å²) in [4.78, 5) is 4.93. The van der Waals surface area contributed by atoms with Gasteiger partial charge < -0.3 is 19.7 Å². The number of nitrogens with one attached hydrogen (secondary N) is 1. The molecule has 0 amide bonds. The largest absolute Gasteiger partial charge is 0.494 e. The van der Waals surface area contributed by atoms with Crippen molar-refractivity contribution in [3.05, 3.63) is 78.9 Å². The Balaban J connectivity index is 1.18. The number of para-hydroxylation sites is 1. The molecular weight excluding hydrogens is 386 g/mol. The van der Waals surface area contributed by atoms with E-state index in [2.05, 4.69) is 45.4 Å². The topological polar surface area (TPSA) is 37.0 Å². The van der Waals surface area contributed by atoms with E-state index in [4.69, 9.17) is 9.47 Å². The van der Waals surface area contributed by atoms with Gasteiger partial charge in [0.15, 0.2) is 0 Å². The number of ether oxygens (including phenoxy) is 2. The molecule has 31 heavy (non-hydrogen) atoms. The first-order chi connectivity index (χ1) is 15.3. The third-order valence-electron chi connectivity index (χ3n) is 5.48. The second kappa shape index (κ2) is 10.7. The SMILES string of the molecule is CCOc1ccc(Nc2ccc(OCCN3CCN(c4ccccc4)CC3)cc2)cc1. The normalized spacial score (nSPS) is 14.3. The standard InChI is InChI=1S/C26H31N3O2/c1-2-30-25-12-8-22(9-13-25)27-23-10-14-26(15-11-23)31-21-20-28-16-18-29(19-17-28)24-6-4-3-5-7-24/h3-15,27H,2,16-21H2,1H3. The lowest BCUT2D eigenvalue weighted by Gasteiger charge is -2.36. The minimum Gasteiger partial charge on any atom is -0.494 e. The quantitative estimate of drug-likeness (QED) is 0.528. The highest BCUT2D eigenvalue weighted by molar-refractivity contribution is 5.61. The first kappa shape index (κ1) is 21.1. The number of anilines is 3. The summed E-state index contributed by atoms with van der Waals surface area (Å²) in [6.45, 7) is 8.60. The molecule has 5 heteroatoms. The van der Waals surface area contributed by atoms with Crippen molar-refractivity contribution in [1.82, 2.24) is 4.90 Å². The van der Waals surface area contributed by atoms with Crippen molar-refractivity contribution in [2.24, 2.45) is 0 Å². The molecule has 1 aliphatic heterocycles. The van der Waals surface area contributed by atoms with Crippen LogP contribution in [0.25, 0.3) is 0 Å². The van der Waals surface area contributed by atoms with Gasteiger partial charge in [-0.05, 0) is 67.6 Å². The second-order valence-corrected chi connectivity index (χ2v) is 7.62. The Bertz CT molecular complexity index is 906. The molecule has 1 heterocycles. The second-order valence-electron chi connectivity index (χ2n) is 7.62. The Hall–Kier alpha value is -3.18. The lowest BCUT2D eigenvalue weighted by molar-refractivity contribution is 0.200. The molecule has 0 spiro atoms. The molecule has 1 aliphatic rings. The van der Waals surface area contributed by atoms with E-state index in [0.29, 0.717) is 13.2 Å². The zero-order chi connectivity index (χ0) is 21.3. The van der Waals surface area contributed by atoms with E-state index in [9.17, 15) is 0 Å². The molecule has 1 fully saturated rings. The average molecular weight is 418 g/mol. The molecule has 4 rings (SSSR count). The monoisotopic (exact) mass is 417 g/mol. The number of benzene rings is 3. The molecule has 3 aromatic carbocycles. The highest BCUT2D eigenvalue weighted by Crippen LogP contribution is 2.22. The van der Waals surface area contributed by atoms with Crippen molar-refractivity contribution < 1.29 is 9.47 Å². The van der Waals surface area contributed by atoms with E-state index in [1.807, 2.05) is 55.5 Å². The molecule has 0 unspecified atom stereocenters. The van der Waals surface area contributed by atoms with Crippen LogP contribution in [0.4, 0.5) is 17.1 Å². The Morgan fingerprint density at radius 3 is 1.87 bits per heavy atom. The number of nitrogens with zero attached hydrogens (tertiary/aromatic N) is 2. The maximum atomic E-state index is 5.97. The summed E-state index contributed by atoms with van der Waals surface area (Å²) in [7, 11) is 0. The Kier molecular flexibility index (Phi) is 7.29. The lowest BCUT2D eigenvalue weighted by Crippen LogP contribution is -2.47. The molecule has 0 aromatic heterocycles. The van der Waals surface area contributed by atoms with Gasteiger partial charge in [0.1, 0.15) is 18.1 Å². The number of piperazine rings is 1. The van der Waals surface area contributed by atoms with Crippen LogP contribution in [0.1, 0.15) is 6.92 Å². The van der Waals surface area contributed by atoms with Crippen molar-refractivity contribution in [1.29, 1.82) is 0 Å². The van der Waals surface area contributed by atoms with E-state index in [-0.39, 0.29) is 0 Å².